The van der Waals surface area contributed by atoms with E-state index in [0.29, 0.717) is 17.9 Å². The molecule has 0 fully saturated rings. The van der Waals surface area contributed by atoms with Crippen molar-refractivity contribution in [2.24, 2.45) is 0 Å². The maximum atomic E-state index is 12.8. The zero-order valence-corrected chi connectivity index (χ0v) is 16.1. The van der Waals surface area contributed by atoms with E-state index >= 15 is 0 Å². The molecule has 0 radical (unpaired) electrons. The van der Waals surface area contributed by atoms with Gasteiger partial charge in [0.2, 0.25) is 0 Å². The van der Waals surface area contributed by atoms with Crippen molar-refractivity contribution in [1.29, 1.82) is 0 Å². The van der Waals surface area contributed by atoms with Crippen LogP contribution in [0.15, 0.2) is 58.3 Å². The number of furan rings is 1. The molecule has 0 atom stereocenters. The van der Waals surface area contributed by atoms with Gasteiger partial charge in [-0.2, -0.15) is 0 Å². The first kappa shape index (κ1) is 18.4. The Morgan fingerprint density at radius 3 is 2.96 bits per heavy atom. The summed E-state index contributed by atoms with van der Waals surface area (Å²) in [6.07, 6.45) is 7.63. The first-order valence-corrected chi connectivity index (χ1v) is 10.1. The fourth-order valence-electron chi connectivity index (χ4n) is 3.25. The number of hydrogen-bond acceptors (Lipinski definition) is 6. The normalized spacial score (nSPS) is 13.9. The van der Waals surface area contributed by atoms with Crippen LogP contribution < -0.4 is 0 Å². The van der Waals surface area contributed by atoms with Crippen LogP contribution in [0.2, 0.25) is 0 Å². The monoisotopic (exact) mass is 396 g/mol. The molecule has 3 aromatic rings. The molecule has 0 spiro atoms. The van der Waals surface area contributed by atoms with E-state index in [1.54, 1.807) is 40.9 Å². The van der Waals surface area contributed by atoms with Crippen LogP contribution in [-0.4, -0.2) is 28.4 Å². The zero-order chi connectivity index (χ0) is 19.3. The highest BCUT2D eigenvalue weighted by molar-refractivity contribution is 7.16. The molecule has 0 bridgehead atoms. The molecule has 2 heterocycles. The van der Waals surface area contributed by atoms with E-state index in [-0.39, 0.29) is 12.5 Å². The van der Waals surface area contributed by atoms with E-state index in [2.05, 4.69) is 11.1 Å². The number of carbonyl (C=O) groups excluding carboxylic acids is 2. The van der Waals surface area contributed by atoms with Crippen LogP contribution in [0.25, 0.3) is 10.2 Å². The minimum Gasteiger partial charge on any atom is -0.467 e. The van der Waals surface area contributed by atoms with Crippen molar-refractivity contribution in [3.05, 3.63) is 65.2 Å². The molecule has 28 heavy (non-hydrogen) atoms. The highest BCUT2D eigenvalue weighted by atomic mass is 32.1. The number of nitrogens with zero attached hydrogens (tertiary/aromatic N) is 2. The zero-order valence-electron chi connectivity index (χ0n) is 15.3. The van der Waals surface area contributed by atoms with E-state index < -0.39 is 5.97 Å². The summed E-state index contributed by atoms with van der Waals surface area (Å²) in [5, 5.41) is 0. The molecule has 0 N–H and O–H groups in total. The predicted octanol–water partition coefficient (Wildman–Crippen LogP) is 4.53. The van der Waals surface area contributed by atoms with E-state index in [1.165, 1.54) is 11.3 Å². The van der Waals surface area contributed by atoms with Gasteiger partial charge in [-0.25, -0.2) is 9.78 Å². The first-order chi connectivity index (χ1) is 13.7. The number of carbonyl (C=O) groups is 2. The average molecular weight is 396 g/mol. The lowest BCUT2D eigenvalue weighted by Crippen LogP contribution is -2.34. The summed E-state index contributed by atoms with van der Waals surface area (Å²) in [4.78, 5) is 31.1. The minimum atomic E-state index is -0.515. The van der Waals surface area contributed by atoms with E-state index in [4.69, 9.17) is 9.15 Å². The lowest BCUT2D eigenvalue weighted by molar-refractivity contribution is -0.133. The van der Waals surface area contributed by atoms with E-state index in [9.17, 15) is 9.59 Å². The van der Waals surface area contributed by atoms with Gasteiger partial charge in [0, 0.05) is 5.70 Å². The van der Waals surface area contributed by atoms with Crippen molar-refractivity contribution in [3.8, 4) is 0 Å². The van der Waals surface area contributed by atoms with Crippen molar-refractivity contribution in [1.82, 2.24) is 9.88 Å². The van der Waals surface area contributed by atoms with Crippen LogP contribution in [0.4, 0.5) is 0 Å². The summed E-state index contributed by atoms with van der Waals surface area (Å²) in [5.41, 5.74) is 3.95. The molecule has 1 aromatic carbocycles. The summed E-state index contributed by atoms with van der Waals surface area (Å²) in [6, 6.07) is 8.81. The number of esters is 1. The number of thiazole rings is 1. The molecule has 2 aromatic heterocycles. The fourth-order valence-corrected chi connectivity index (χ4v) is 3.96. The molecule has 0 saturated heterocycles. The van der Waals surface area contributed by atoms with Gasteiger partial charge >= 0.3 is 5.97 Å². The van der Waals surface area contributed by atoms with Gasteiger partial charge < -0.3 is 14.1 Å². The van der Waals surface area contributed by atoms with Gasteiger partial charge in [-0.05, 0) is 56.0 Å². The Morgan fingerprint density at radius 2 is 2.18 bits per heavy atom. The van der Waals surface area contributed by atoms with Gasteiger partial charge in [-0.15, -0.1) is 11.3 Å². The Labute approximate surface area is 166 Å². The Balaban J connectivity index is 1.44. The number of rotatable bonds is 6. The molecule has 1 aliphatic rings. The van der Waals surface area contributed by atoms with Gasteiger partial charge in [-0.3, -0.25) is 4.79 Å². The lowest BCUT2D eigenvalue weighted by atomic mass is 10.0. The molecule has 0 saturated carbocycles. The van der Waals surface area contributed by atoms with Gasteiger partial charge in [0.15, 0.2) is 6.61 Å². The minimum absolute atomic E-state index is 0.253. The van der Waals surface area contributed by atoms with Crippen LogP contribution in [0, 0.1) is 0 Å². The number of benzene rings is 1. The molecule has 1 aliphatic carbocycles. The fraction of sp³-hybridized carbons (Fsp3) is 0.286. The molecular weight excluding hydrogens is 376 g/mol. The highest BCUT2D eigenvalue weighted by Gasteiger charge is 2.22. The smallest absolute Gasteiger partial charge is 0.338 e. The second-order valence-electron chi connectivity index (χ2n) is 6.61. The maximum absolute atomic E-state index is 12.8. The largest absolute Gasteiger partial charge is 0.467 e. The molecule has 1 amide bonds. The third-order valence-electron chi connectivity index (χ3n) is 4.70. The van der Waals surface area contributed by atoms with Gasteiger partial charge in [0.25, 0.3) is 5.91 Å². The molecule has 6 nitrogen and oxygen atoms in total. The second-order valence-corrected chi connectivity index (χ2v) is 7.50. The molecular formula is C21H20N2O4S. The van der Waals surface area contributed by atoms with Crippen molar-refractivity contribution in [3.63, 3.8) is 0 Å². The molecule has 4 rings (SSSR count). The number of ether oxygens (including phenoxy) is 1. The summed E-state index contributed by atoms with van der Waals surface area (Å²) in [6.45, 7) is 0.0274. The first-order valence-electron chi connectivity index (χ1n) is 9.23. The maximum Gasteiger partial charge on any atom is 0.338 e. The van der Waals surface area contributed by atoms with Gasteiger partial charge in [-0.1, -0.05) is 6.08 Å². The predicted molar refractivity (Wildman–Crippen MR) is 106 cm³/mol. The van der Waals surface area contributed by atoms with E-state index in [0.717, 1.165) is 41.6 Å². The second kappa shape index (κ2) is 8.39. The van der Waals surface area contributed by atoms with Gasteiger partial charge in [0.05, 0.1) is 34.1 Å². The highest BCUT2D eigenvalue weighted by Crippen LogP contribution is 2.24. The summed E-state index contributed by atoms with van der Waals surface area (Å²) >= 11 is 1.46. The van der Waals surface area contributed by atoms with Crippen LogP contribution in [0.3, 0.4) is 0 Å². The third kappa shape index (κ3) is 4.14. The Morgan fingerprint density at radius 1 is 1.25 bits per heavy atom. The topological polar surface area (TPSA) is 72.6 Å². The summed E-state index contributed by atoms with van der Waals surface area (Å²) in [7, 11) is 0. The standard InChI is InChI=1S/C21H20N2O4S/c24-20(13-27-21(25)15-8-9-18-19(11-15)28-14-22-18)23(12-17-7-4-10-26-17)16-5-2-1-3-6-16/h4-5,7-11,14H,1-3,6,12-13H2. The van der Waals surface area contributed by atoms with Crippen molar-refractivity contribution in [2.75, 3.05) is 6.61 Å². The lowest BCUT2D eigenvalue weighted by Gasteiger charge is -2.26. The van der Waals surface area contributed by atoms with E-state index in [1.807, 2.05) is 6.07 Å². The molecule has 7 heteroatoms. The van der Waals surface area contributed by atoms with Crippen LogP contribution in [0.1, 0.15) is 41.8 Å². The summed E-state index contributed by atoms with van der Waals surface area (Å²) in [5.74, 6) is -0.0715. The summed E-state index contributed by atoms with van der Waals surface area (Å²) < 4.78 is 11.6. The Hall–Kier alpha value is -2.93. The molecule has 0 unspecified atom stereocenters. The van der Waals surface area contributed by atoms with Crippen molar-refractivity contribution < 1.29 is 18.7 Å². The van der Waals surface area contributed by atoms with Crippen molar-refractivity contribution in [2.45, 2.75) is 32.2 Å². The Bertz CT molecular complexity index is 1010. The number of hydrogen-bond donors (Lipinski definition) is 0. The average Bonchev–Trinajstić information content (AvgIpc) is 3.41. The number of amides is 1. The molecule has 0 aliphatic heterocycles. The molecule has 144 valence electrons. The SMILES string of the molecule is O=C(OCC(=O)N(Cc1ccco1)C1=CCCCC1)c1ccc2ncsc2c1. The van der Waals surface area contributed by atoms with Crippen molar-refractivity contribution >= 4 is 33.4 Å². The van der Waals surface area contributed by atoms with Crippen LogP contribution >= 0.6 is 11.3 Å². The number of aromatic nitrogens is 1. The van der Waals surface area contributed by atoms with Crippen LogP contribution in [-0.2, 0) is 16.1 Å². The number of allylic oxidation sites excluding steroid dienone is 2. The third-order valence-corrected chi connectivity index (χ3v) is 5.49. The van der Waals surface area contributed by atoms with Gasteiger partial charge in [0.1, 0.15) is 5.76 Å². The van der Waals surface area contributed by atoms with Crippen LogP contribution in [0.5, 0.6) is 0 Å². The Kier molecular flexibility index (Phi) is 5.53. The number of fused-ring (bicyclic) bond motifs is 1. The quantitative estimate of drug-likeness (QED) is 0.572.